The molecule has 0 bridgehead atoms. The summed E-state index contributed by atoms with van der Waals surface area (Å²) in [5.41, 5.74) is 4.73. The molecule has 2 aliphatic rings. The molecule has 22 heavy (non-hydrogen) atoms. The van der Waals surface area contributed by atoms with Gasteiger partial charge in [0.25, 0.3) is 0 Å². The van der Waals surface area contributed by atoms with Gasteiger partial charge in [0.15, 0.2) is 0 Å². The van der Waals surface area contributed by atoms with E-state index in [0.717, 1.165) is 6.42 Å². The van der Waals surface area contributed by atoms with Crippen LogP contribution < -0.4 is 10.7 Å². The third-order valence-electron chi connectivity index (χ3n) is 4.28. The van der Waals surface area contributed by atoms with Crippen molar-refractivity contribution in [2.45, 2.75) is 37.2 Å². The highest BCUT2D eigenvalue weighted by Gasteiger charge is 2.46. The number of hydrazine groups is 1. The van der Waals surface area contributed by atoms with Gasteiger partial charge in [-0.3, -0.25) is 5.01 Å². The van der Waals surface area contributed by atoms with Crippen molar-refractivity contribution in [2.24, 2.45) is 0 Å². The number of nitrogens with one attached hydrogen (secondary N) is 2. The average molecular weight is 319 g/mol. The maximum atomic E-state index is 11.7. The topological polar surface area (TPSA) is 64.6 Å². The largest absolute Gasteiger partial charge is 0.478 e. The van der Waals surface area contributed by atoms with Crippen molar-refractivity contribution in [3.63, 3.8) is 0 Å². The zero-order valence-electron chi connectivity index (χ0n) is 13.0. The van der Waals surface area contributed by atoms with Crippen LogP contribution in [0, 0.1) is 0 Å². The van der Waals surface area contributed by atoms with Gasteiger partial charge >= 0.3 is 5.97 Å². The minimum atomic E-state index is -0.874. The first-order chi connectivity index (χ1) is 10.4. The van der Waals surface area contributed by atoms with Gasteiger partial charge in [0, 0.05) is 0 Å². The molecule has 0 amide bonds. The zero-order valence-corrected chi connectivity index (χ0v) is 13.8. The molecule has 6 heteroatoms. The first-order valence-electron chi connectivity index (χ1n) is 7.32. The maximum absolute atomic E-state index is 11.7. The van der Waals surface area contributed by atoms with Crippen molar-refractivity contribution in [3.8, 4) is 0 Å². The van der Waals surface area contributed by atoms with Crippen LogP contribution in [-0.2, 0) is 4.79 Å². The van der Waals surface area contributed by atoms with Crippen LogP contribution in [0.2, 0.25) is 0 Å². The Morgan fingerprint density at radius 1 is 1.36 bits per heavy atom. The van der Waals surface area contributed by atoms with Gasteiger partial charge in [0.1, 0.15) is 16.8 Å². The summed E-state index contributed by atoms with van der Waals surface area (Å²) >= 11 is 1.50. The third-order valence-corrected chi connectivity index (χ3v) is 5.09. The predicted octanol–water partition coefficient (Wildman–Crippen LogP) is 2.31. The molecule has 5 nitrogen and oxygen atoms in total. The zero-order chi connectivity index (χ0) is 15.9. The van der Waals surface area contributed by atoms with Gasteiger partial charge in [0.05, 0.1) is 11.6 Å². The van der Waals surface area contributed by atoms with Gasteiger partial charge in [-0.15, -0.1) is 11.8 Å². The Balaban J connectivity index is 2.02. The molecule has 3 rings (SSSR count). The van der Waals surface area contributed by atoms with Gasteiger partial charge in [0.2, 0.25) is 0 Å². The number of nitrogens with zero attached hydrogens (tertiary/aromatic N) is 1. The van der Waals surface area contributed by atoms with Crippen molar-refractivity contribution < 1.29 is 9.90 Å². The second kappa shape index (κ2) is 5.52. The van der Waals surface area contributed by atoms with E-state index in [-0.39, 0.29) is 17.0 Å². The molecule has 1 aromatic carbocycles. The molecule has 1 saturated heterocycles. The Hall–Kier alpha value is -1.66. The van der Waals surface area contributed by atoms with Crippen molar-refractivity contribution in [3.05, 3.63) is 47.3 Å². The van der Waals surface area contributed by atoms with E-state index < -0.39 is 5.97 Å². The molecule has 2 aliphatic heterocycles. The molecule has 0 spiro atoms. The fraction of sp³-hybridized carbons (Fsp3) is 0.438. The molecule has 2 atom stereocenters. The summed E-state index contributed by atoms with van der Waals surface area (Å²) in [4.78, 5) is 11.7. The highest BCUT2D eigenvalue weighted by molar-refractivity contribution is 7.99. The maximum Gasteiger partial charge on any atom is 0.337 e. The predicted molar refractivity (Wildman–Crippen MR) is 88.0 cm³/mol. The Labute approximate surface area is 134 Å². The third kappa shape index (κ3) is 2.46. The summed E-state index contributed by atoms with van der Waals surface area (Å²) in [6, 6.07) is 10.3. The molecule has 0 aliphatic carbocycles. The van der Waals surface area contributed by atoms with E-state index in [1.807, 2.05) is 29.5 Å². The number of thioether (sulfide) groups is 1. The minimum Gasteiger partial charge on any atom is -0.478 e. The van der Waals surface area contributed by atoms with Gasteiger partial charge in [-0.2, -0.15) is 0 Å². The van der Waals surface area contributed by atoms with Crippen LogP contribution in [0.25, 0.3) is 0 Å². The van der Waals surface area contributed by atoms with E-state index in [1.54, 1.807) is 0 Å². The van der Waals surface area contributed by atoms with E-state index in [2.05, 4.69) is 36.7 Å². The molecule has 2 unspecified atom stereocenters. The van der Waals surface area contributed by atoms with Crippen LogP contribution in [0.3, 0.4) is 0 Å². The summed E-state index contributed by atoms with van der Waals surface area (Å²) < 4.78 is 0. The number of carboxylic acid groups (broad SMARTS) is 1. The summed E-state index contributed by atoms with van der Waals surface area (Å²) in [6.07, 6.45) is 2.81. The van der Waals surface area contributed by atoms with Crippen molar-refractivity contribution in [1.82, 2.24) is 15.8 Å². The van der Waals surface area contributed by atoms with E-state index in [0.29, 0.717) is 11.4 Å². The van der Waals surface area contributed by atoms with Crippen LogP contribution in [0.1, 0.15) is 31.9 Å². The van der Waals surface area contributed by atoms with E-state index in [1.165, 1.54) is 17.3 Å². The normalized spacial score (nSPS) is 26.6. The quantitative estimate of drug-likeness (QED) is 0.794. The average Bonchev–Trinajstić information content (AvgIpc) is 2.87. The number of fused-ring (bicyclic) bond motifs is 1. The molecule has 1 fully saturated rings. The number of carbonyl (C=O) groups is 1. The molecule has 0 aromatic heterocycles. The highest BCUT2D eigenvalue weighted by Crippen LogP contribution is 2.40. The molecule has 0 saturated carbocycles. The van der Waals surface area contributed by atoms with Crippen molar-refractivity contribution >= 4 is 17.7 Å². The van der Waals surface area contributed by atoms with E-state index >= 15 is 0 Å². The SMILES string of the molecule is CSC1NN2C(=C1C(=O)O)NC(c1ccccc1)CC2(C)C. The van der Waals surface area contributed by atoms with Gasteiger partial charge in [-0.25, -0.2) is 10.2 Å². The number of aliphatic carboxylic acids is 1. The van der Waals surface area contributed by atoms with Gasteiger partial charge in [-0.1, -0.05) is 30.3 Å². The van der Waals surface area contributed by atoms with Crippen LogP contribution in [0.5, 0.6) is 0 Å². The molecular weight excluding hydrogens is 298 g/mol. The van der Waals surface area contributed by atoms with Gasteiger partial charge < -0.3 is 10.4 Å². The molecule has 3 N–H and O–H groups in total. The Morgan fingerprint density at radius 3 is 2.64 bits per heavy atom. The number of hydrogen-bond donors (Lipinski definition) is 3. The van der Waals surface area contributed by atoms with E-state index in [9.17, 15) is 9.90 Å². The number of hydrogen-bond acceptors (Lipinski definition) is 5. The van der Waals surface area contributed by atoms with Crippen LogP contribution in [0.4, 0.5) is 0 Å². The molecule has 118 valence electrons. The monoisotopic (exact) mass is 319 g/mol. The summed E-state index contributed by atoms with van der Waals surface area (Å²) in [7, 11) is 0. The molecular formula is C16H21N3O2S. The fourth-order valence-corrected chi connectivity index (χ4v) is 3.85. The summed E-state index contributed by atoms with van der Waals surface area (Å²) in [5, 5.41) is 14.8. The van der Waals surface area contributed by atoms with E-state index in [4.69, 9.17) is 0 Å². The second-order valence-electron chi connectivity index (χ2n) is 6.27. The Kier molecular flexibility index (Phi) is 3.82. The fourth-order valence-electron chi connectivity index (χ4n) is 3.19. The lowest BCUT2D eigenvalue weighted by atomic mass is 9.88. The lowest BCUT2D eigenvalue weighted by molar-refractivity contribution is -0.132. The van der Waals surface area contributed by atoms with Crippen molar-refractivity contribution in [2.75, 3.05) is 6.26 Å². The highest BCUT2D eigenvalue weighted by atomic mass is 32.2. The minimum absolute atomic E-state index is 0.110. The van der Waals surface area contributed by atoms with Crippen LogP contribution >= 0.6 is 11.8 Å². The lowest BCUT2D eigenvalue weighted by Crippen LogP contribution is -2.57. The standard InChI is InChI=1S/C16H21N3O2S/c1-16(2)9-11(10-7-5-4-6-8-10)17-13-12(15(20)21)14(22-3)18-19(13)16/h4-8,11,14,17-18H,9H2,1-3H3,(H,20,21). The second-order valence-corrected chi connectivity index (χ2v) is 7.21. The smallest absolute Gasteiger partial charge is 0.337 e. The van der Waals surface area contributed by atoms with Crippen LogP contribution in [0.15, 0.2) is 41.7 Å². The Bertz CT molecular complexity index is 615. The molecule has 2 heterocycles. The number of benzene rings is 1. The lowest BCUT2D eigenvalue weighted by Gasteiger charge is -2.46. The number of rotatable bonds is 3. The first kappa shape index (κ1) is 15.2. The number of carboxylic acids is 1. The van der Waals surface area contributed by atoms with Gasteiger partial charge in [-0.05, 0) is 32.1 Å². The van der Waals surface area contributed by atoms with Crippen LogP contribution in [-0.4, -0.2) is 33.3 Å². The molecule has 0 radical (unpaired) electrons. The summed E-state index contributed by atoms with van der Waals surface area (Å²) in [5.74, 6) is -0.182. The van der Waals surface area contributed by atoms with Crippen molar-refractivity contribution in [1.29, 1.82) is 0 Å². The molecule has 1 aromatic rings. The Morgan fingerprint density at radius 2 is 2.05 bits per heavy atom. The first-order valence-corrected chi connectivity index (χ1v) is 8.61. The summed E-state index contributed by atoms with van der Waals surface area (Å²) in [6.45, 7) is 4.28.